The summed E-state index contributed by atoms with van der Waals surface area (Å²) in [7, 11) is 0. The number of amides is 1. The van der Waals surface area contributed by atoms with Crippen LogP contribution in [-0.2, 0) is 9.53 Å². The molecule has 3 rings (SSSR count). The molecule has 8 heteroatoms. The van der Waals surface area contributed by atoms with Crippen LogP contribution in [-0.4, -0.2) is 54.3 Å². The number of carboxylic acid groups (broad SMARTS) is 1. The zero-order valence-corrected chi connectivity index (χ0v) is 11.8. The molecule has 0 spiro atoms. The summed E-state index contributed by atoms with van der Waals surface area (Å²) >= 11 is 6.15. The Morgan fingerprint density at radius 3 is 3.00 bits per heavy atom. The van der Waals surface area contributed by atoms with Crippen molar-refractivity contribution in [2.75, 3.05) is 31.2 Å². The van der Waals surface area contributed by atoms with Crippen molar-refractivity contribution in [2.45, 2.75) is 6.04 Å². The van der Waals surface area contributed by atoms with Crippen LogP contribution < -0.4 is 10.2 Å². The highest BCUT2D eigenvalue weighted by Gasteiger charge is 2.34. The smallest absolute Gasteiger partial charge is 0.337 e. The summed E-state index contributed by atoms with van der Waals surface area (Å²) in [6, 6.07) is 1.25. The van der Waals surface area contributed by atoms with Crippen molar-refractivity contribution >= 4 is 29.3 Å². The van der Waals surface area contributed by atoms with Gasteiger partial charge in [-0.3, -0.25) is 4.79 Å². The molecule has 0 aliphatic carbocycles. The average Bonchev–Trinajstić information content (AvgIpc) is 2.67. The minimum absolute atomic E-state index is 0.0294. The number of hydrogen-bond acceptors (Lipinski definition) is 5. The molecule has 7 nitrogen and oxygen atoms in total. The minimum atomic E-state index is -1.08. The van der Waals surface area contributed by atoms with Gasteiger partial charge in [-0.2, -0.15) is 0 Å². The van der Waals surface area contributed by atoms with Crippen LogP contribution in [0.2, 0.25) is 5.02 Å². The Morgan fingerprint density at radius 2 is 2.29 bits per heavy atom. The van der Waals surface area contributed by atoms with Gasteiger partial charge < -0.3 is 20.1 Å². The van der Waals surface area contributed by atoms with E-state index in [0.717, 1.165) is 0 Å². The molecular weight excluding hydrogens is 298 g/mol. The lowest BCUT2D eigenvalue weighted by molar-refractivity contribution is -0.124. The van der Waals surface area contributed by atoms with Crippen LogP contribution >= 0.6 is 11.6 Å². The number of nitrogens with zero attached hydrogens (tertiary/aromatic N) is 2. The zero-order valence-electron chi connectivity index (χ0n) is 11.1. The number of hydrogen-bond donors (Lipinski definition) is 2. The molecule has 2 N–H and O–H groups in total. The summed E-state index contributed by atoms with van der Waals surface area (Å²) in [5, 5.41) is 12.1. The molecule has 1 aromatic rings. The van der Waals surface area contributed by atoms with Gasteiger partial charge in [-0.15, -0.1) is 0 Å². The second kappa shape index (κ2) is 5.50. The van der Waals surface area contributed by atoms with E-state index in [2.05, 4.69) is 10.3 Å². The fourth-order valence-corrected chi connectivity index (χ4v) is 2.87. The number of anilines is 1. The second-order valence-electron chi connectivity index (χ2n) is 5.18. The van der Waals surface area contributed by atoms with E-state index < -0.39 is 5.97 Å². The number of rotatable bonds is 2. The summed E-state index contributed by atoms with van der Waals surface area (Å²) < 4.78 is 5.46. The second-order valence-corrected chi connectivity index (χ2v) is 5.59. The van der Waals surface area contributed by atoms with E-state index in [-0.39, 0.29) is 28.5 Å². The Balaban J connectivity index is 1.90. The van der Waals surface area contributed by atoms with Gasteiger partial charge in [0.2, 0.25) is 5.91 Å². The quantitative estimate of drug-likeness (QED) is 0.820. The maximum atomic E-state index is 12.0. The van der Waals surface area contributed by atoms with Crippen LogP contribution in [0.4, 0.5) is 5.82 Å². The highest BCUT2D eigenvalue weighted by Crippen LogP contribution is 2.27. The first kappa shape index (κ1) is 14.1. The van der Waals surface area contributed by atoms with E-state index in [0.29, 0.717) is 32.1 Å². The molecule has 1 aromatic heterocycles. The number of fused-ring (bicyclic) bond motifs is 3. The number of ether oxygens (including phenoxy) is 1. The lowest BCUT2D eigenvalue weighted by atomic mass is 10.1. The normalized spacial score (nSPS) is 25.2. The lowest BCUT2D eigenvalue weighted by Gasteiger charge is -2.29. The highest BCUT2D eigenvalue weighted by atomic mass is 35.5. The molecule has 21 heavy (non-hydrogen) atoms. The standard InChI is InChI=1S/C13H14ClN3O4/c14-10-1-7(13(19)20)2-15-11(10)17-3-8-5-21-6-9(4-17)16-12(8)18/h1-2,8-9H,3-6H2,(H,16,18)(H,19,20)/t8-,9+/m1/s1. The number of carbonyl (C=O) groups is 2. The van der Waals surface area contributed by atoms with E-state index in [9.17, 15) is 9.59 Å². The molecule has 2 atom stereocenters. The van der Waals surface area contributed by atoms with Crippen molar-refractivity contribution in [3.63, 3.8) is 0 Å². The van der Waals surface area contributed by atoms with E-state index in [1.165, 1.54) is 12.3 Å². The van der Waals surface area contributed by atoms with Crippen LogP contribution in [0.1, 0.15) is 10.4 Å². The molecule has 2 bridgehead atoms. The number of halogens is 1. The van der Waals surface area contributed by atoms with Crippen LogP contribution in [0.15, 0.2) is 12.3 Å². The molecule has 2 aliphatic heterocycles. The van der Waals surface area contributed by atoms with Crippen LogP contribution in [0, 0.1) is 5.92 Å². The highest BCUT2D eigenvalue weighted by molar-refractivity contribution is 6.33. The molecule has 2 fully saturated rings. The van der Waals surface area contributed by atoms with E-state index in [1.807, 2.05) is 4.90 Å². The number of carboxylic acids is 1. The van der Waals surface area contributed by atoms with Gasteiger partial charge in [0, 0.05) is 19.3 Å². The topological polar surface area (TPSA) is 91.8 Å². The molecule has 0 saturated carbocycles. The minimum Gasteiger partial charge on any atom is -0.478 e. The van der Waals surface area contributed by atoms with Crippen molar-refractivity contribution in [2.24, 2.45) is 5.92 Å². The Bertz CT molecular complexity index is 595. The summed E-state index contributed by atoms with van der Waals surface area (Å²) in [4.78, 5) is 28.9. The number of nitrogens with one attached hydrogen (secondary N) is 1. The van der Waals surface area contributed by atoms with E-state index in [1.54, 1.807) is 0 Å². The maximum absolute atomic E-state index is 12.0. The fourth-order valence-electron chi connectivity index (χ4n) is 2.58. The molecule has 0 unspecified atom stereocenters. The predicted molar refractivity (Wildman–Crippen MR) is 74.7 cm³/mol. The van der Waals surface area contributed by atoms with Crippen LogP contribution in [0.25, 0.3) is 0 Å². The van der Waals surface area contributed by atoms with Gasteiger partial charge >= 0.3 is 5.97 Å². The molecule has 112 valence electrons. The molecule has 0 aromatic carbocycles. The zero-order chi connectivity index (χ0) is 15.0. The Kier molecular flexibility index (Phi) is 3.69. The fraction of sp³-hybridized carbons (Fsp3) is 0.462. The van der Waals surface area contributed by atoms with E-state index >= 15 is 0 Å². The van der Waals surface area contributed by atoms with Gasteiger partial charge in [0.1, 0.15) is 5.82 Å². The Hall–Kier alpha value is -1.86. The van der Waals surface area contributed by atoms with Crippen LogP contribution in [0.5, 0.6) is 0 Å². The lowest BCUT2D eigenvalue weighted by Crippen LogP contribution is -2.42. The first-order valence-corrected chi connectivity index (χ1v) is 6.94. The molecule has 3 heterocycles. The van der Waals surface area contributed by atoms with Crippen molar-refractivity contribution in [3.8, 4) is 0 Å². The number of pyridine rings is 1. The Labute approximate surface area is 125 Å². The largest absolute Gasteiger partial charge is 0.478 e. The van der Waals surface area contributed by atoms with Crippen molar-refractivity contribution in [1.82, 2.24) is 10.3 Å². The summed E-state index contributed by atoms with van der Waals surface area (Å²) in [5.74, 6) is -0.892. The number of aromatic nitrogens is 1. The third kappa shape index (κ3) is 2.79. The van der Waals surface area contributed by atoms with Gasteiger partial charge in [0.25, 0.3) is 0 Å². The van der Waals surface area contributed by atoms with Gasteiger partial charge in [-0.1, -0.05) is 11.6 Å². The summed E-state index contributed by atoms with van der Waals surface area (Å²) in [6.45, 7) is 1.79. The molecular formula is C13H14ClN3O4. The third-order valence-electron chi connectivity index (χ3n) is 3.61. The first-order valence-electron chi connectivity index (χ1n) is 6.56. The molecule has 2 aliphatic rings. The molecule has 0 radical (unpaired) electrons. The van der Waals surface area contributed by atoms with Gasteiger partial charge in [0.05, 0.1) is 35.8 Å². The Morgan fingerprint density at radius 1 is 1.48 bits per heavy atom. The third-order valence-corrected chi connectivity index (χ3v) is 3.88. The van der Waals surface area contributed by atoms with Crippen molar-refractivity contribution in [3.05, 3.63) is 22.8 Å². The number of aromatic carboxylic acids is 1. The van der Waals surface area contributed by atoms with Gasteiger partial charge in [-0.05, 0) is 6.07 Å². The van der Waals surface area contributed by atoms with Crippen molar-refractivity contribution < 1.29 is 19.4 Å². The van der Waals surface area contributed by atoms with Crippen LogP contribution in [0.3, 0.4) is 0 Å². The average molecular weight is 312 g/mol. The van der Waals surface area contributed by atoms with Gasteiger partial charge in [0.15, 0.2) is 0 Å². The van der Waals surface area contributed by atoms with E-state index in [4.69, 9.17) is 21.4 Å². The molecule has 2 saturated heterocycles. The van der Waals surface area contributed by atoms with Gasteiger partial charge in [-0.25, -0.2) is 9.78 Å². The first-order chi connectivity index (χ1) is 10.0. The summed E-state index contributed by atoms with van der Waals surface area (Å²) in [5.41, 5.74) is 0.0382. The number of carbonyl (C=O) groups excluding carboxylic acids is 1. The molecule has 1 amide bonds. The SMILES string of the molecule is O=C(O)c1cnc(N2C[C@H]3COC[C@@H](C2)C(=O)N3)c(Cl)c1. The predicted octanol–water partition coefficient (Wildman–Crippen LogP) is 0.384. The van der Waals surface area contributed by atoms with Crippen molar-refractivity contribution in [1.29, 1.82) is 0 Å². The monoisotopic (exact) mass is 311 g/mol. The summed E-state index contributed by atoms with van der Waals surface area (Å²) in [6.07, 6.45) is 1.27. The maximum Gasteiger partial charge on any atom is 0.337 e.